The zero-order chi connectivity index (χ0) is 20.5. The van der Waals surface area contributed by atoms with Crippen molar-refractivity contribution >= 4 is 17.5 Å². The molecule has 0 unspecified atom stereocenters. The van der Waals surface area contributed by atoms with E-state index in [0.717, 1.165) is 16.9 Å². The molecule has 0 bridgehead atoms. The van der Waals surface area contributed by atoms with E-state index in [1.54, 1.807) is 24.3 Å². The van der Waals surface area contributed by atoms with Gasteiger partial charge in [0.1, 0.15) is 5.75 Å². The monoisotopic (exact) mass is 392 g/mol. The molecule has 1 aromatic heterocycles. The van der Waals surface area contributed by atoms with E-state index in [4.69, 9.17) is 9.15 Å². The van der Waals surface area contributed by atoms with Crippen LogP contribution in [0.4, 0.5) is 5.69 Å². The number of rotatable bonds is 9. The molecule has 150 valence electrons. The number of carbonyl (C=O) groups is 2. The average molecular weight is 392 g/mol. The lowest BCUT2D eigenvalue weighted by atomic mass is 10.1. The van der Waals surface area contributed by atoms with E-state index < -0.39 is 0 Å². The van der Waals surface area contributed by atoms with Crippen molar-refractivity contribution in [1.82, 2.24) is 5.32 Å². The molecule has 3 aromatic rings. The lowest BCUT2D eigenvalue weighted by Gasteiger charge is -2.08. The number of aryl methyl sites for hydroxylation is 1. The third kappa shape index (κ3) is 6.24. The Morgan fingerprint density at radius 2 is 1.69 bits per heavy atom. The van der Waals surface area contributed by atoms with E-state index in [1.807, 2.05) is 43.3 Å². The molecule has 0 aliphatic rings. The SMILES string of the molecule is CCOc1ccc(CCC(=O)NCc2ccc(NC(=O)c3ccco3)cc2)cc1. The molecule has 2 N–H and O–H groups in total. The van der Waals surface area contributed by atoms with Gasteiger partial charge in [0.2, 0.25) is 5.91 Å². The lowest BCUT2D eigenvalue weighted by molar-refractivity contribution is -0.121. The number of nitrogens with one attached hydrogen (secondary N) is 2. The second-order valence-electron chi connectivity index (χ2n) is 6.48. The molecule has 0 aliphatic carbocycles. The first kappa shape index (κ1) is 20.2. The summed E-state index contributed by atoms with van der Waals surface area (Å²) in [5.74, 6) is 0.790. The van der Waals surface area contributed by atoms with Crippen LogP contribution in [0.5, 0.6) is 5.75 Å². The summed E-state index contributed by atoms with van der Waals surface area (Å²) in [4.78, 5) is 24.0. The van der Waals surface area contributed by atoms with Gasteiger partial charge in [-0.05, 0) is 60.9 Å². The highest BCUT2D eigenvalue weighted by Gasteiger charge is 2.08. The van der Waals surface area contributed by atoms with Crippen LogP contribution in [0, 0.1) is 0 Å². The molecule has 6 nitrogen and oxygen atoms in total. The number of amides is 2. The van der Waals surface area contributed by atoms with Crippen molar-refractivity contribution in [3.63, 3.8) is 0 Å². The van der Waals surface area contributed by atoms with Crippen LogP contribution in [0.2, 0.25) is 0 Å². The zero-order valence-electron chi connectivity index (χ0n) is 16.3. The van der Waals surface area contributed by atoms with Crippen LogP contribution in [0.15, 0.2) is 71.3 Å². The number of carbonyl (C=O) groups excluding carboxylic acids is 2. The number of hydrogen-bond donors (Lipinski definition) is 2. The quantitative estimate of drug-likeness (QED) is 0.572. The predicted octanol–water partition coefficient (Wildman–Crippen LogP) is 4.18. The largest absolute Gasteiger partial charge is 0.494 e. The van der Waals surface area contributed by atoms with Crippen molar-refractivity contribution in [3.05, 3.63) is 83.8 Å². The number of furan rings is 1. The first-order valence-corrected chi connectivity index (χ1v) is 9.56. The lowest BCUT2D eigenvalue weighted by Crippen LogP contribution is -2.23. The Kier molecular flexibility index (Phi) is 7.05. The van der Waals surface area contributed by atoms with Crippen LogP contribution in [-0.2, 0) is 17.8 Å². The molecule has 0 atom stereocenters. The molecule has 0 aliphatic heterocycles. The van der Waals surface area contributed by atoms with Gasteiger partial charge in [-0.3, -0.25) is 9.59 Å². The molecule has 2 amide bonds. The second kappa shape index (κ2) is 10.1. The summed E-state index contributed by atoms with van der Waals surface area (Å²) < 4.78 is 10.5. The molecule has 2 aromatic carbocycles. The van der Waals surface area contributed by atoms with Gasteiger partial charge >= 0.3 is 0 Å². The topological polar surface area (TPSA) is 80.6 Å². The minimum absolute atomic E-state index is 0.00548. The fourth-order valence-electron chi connectivity index (χ4n) is 2.77. The van der Waals surface area contributed by atoms with Gasteiger partial charge in [-0.2, -0.15) is 0 Å². The van der Waals surface area contributed by atoms with Crippen molar-refractivity contribution < 1.29 is 18.7 Å². The first-order valence-electron chi connectivity index (χ1n) is 9.56. The van der Waals surface area contributed by atoms with Crippen molar-refractivity contribution in [3.8, 4) is 5.75 Å². The maximum absolute atomic E-state index is 12.1. The van der Waals surface area contributed by atoms with Crippen LogP contribution < -0.4 is 15.4 Å². The van der Waals surface area contributed by atoms with E-state index in [9.17, 15) is 9.59 Å². The van der Waals surface area contributed by atoms with E-state index in [1.165, 1.54) is 6.26 Å². The molecule has 29 heavy (non-hydrogen) atoms. The average Bonchev–Trinajstić information content (AvgIpc) is 3.28. The smallest absolute Gasteiger partial charge is 0.291 e. The molecular weight excluding hydrogens is 368 g/mol. The van der Waals surface area contributed by atoms with Crippen LogP contribution >= 0.6 is 0 Å². The summed E-state index contributed by atoms with van der Waals surface area (Å²) in [6, 6.07) is 18.4. The second-order valence-corrected chi connectivity index (χ2v) is 6.48. The molecule has 6 heteroatoms. The van der Waals surface area contributed by atoms with Gasteiger partial charge in [-0.1, -0.05) is 24.3 Å². The third-order valence-electron chi connectivity index (χ3n) is 4.32. The Morgan fingerprint density at radius 1 is 0.966 bits per heavy atom. The summed E-state index contributed by atoms with van der Waals surface area (Å²) in [6.45, 7) is 3.02. The Hall–Kier alpha value is -3.54. The van der Waals surface area contributed by atoms with Crippen LogP contribution in [0.25, 0.3) is 0 Å². The Bertz CT molecular complexity index is 917. The van der Waals surface area contributed by atoms with E-state index in [-0.39, 0.29) is 17.6 Å². The molecule has 0 spiro atoms. The highest BCUT2D eigenvalue weighted by molar-refractivity contribution is 6.02. The Balaban J connectivity index is 1.41. The third-order valence-corrected chi connectivity index (χ3v) is 4.32. The number of ether oxygens (including phenoxy) is 1. The van der Waals surface area contributed by atoms with Crippen LogP contribution in [0.3, 0.4) is 0 Å². The molecule has 0 saturated heterocycles. The number of benzene rings is 2. The molecule has 0 radical (unpaired) electrons. The van der Waals surface area contributed by atoms with Crippen molar-refractivity contribution in [2.24, 2.45) is 0 Å². The van der Waals surface area contributed by atoms with Gasteiger partial charge in [0.15, 0.2) is 5.76 Å². The summed E-state index contributed by atoms with van der Waals surface area (Å²) >= 11 is 0. The van der Waals surface area contributed by atoms with E-state index in [0.29, 0.717) is 31.7 Å². The summed E-state index contributed by atoms with van der Waals surface area (Å²) in [7, 11) is 0. The van der Waals surface area contributed by atoms with E-state index in [2.05, 4.69) is 10.6 Å². The van der Waals surface area contributed by atoms with Crippen LogP contribution in [-0.4, -0.2) is 18.4 Å². The predicted molar refractivity (Wildman–Crippen MR) is 111 cm³/mol. The molecule has 0 saturated carbocycles. The minimum atomic E-state index is -0.301. The van der Waals surface area contributed by atoms with Crippen molar-refractivity contribution in [1.29, 1.82) is 0 Å². The molecule has 0 fully saturated rings. The summed E-state index contributed by atoms with van der Waals surface area (Å²) in [6.07, 6.45) is 2.55. The number of anilines is 1. The highest BCUT2D eigenvalue weighted by atomic mass is 16.5. The standard InChI is InChI=1S/C23H24N2O4/c1-2-28-20-12-7-17(8-13-20)9-14-22(26)24-16-18-5-10-19(11-6-18)25-23(27)21-4-3-15-29-21/h3-8,10-13,15H,2,9,14,16H2,1H3,(H,24,26)(H,25,27). The maximum atomic E-state index is 12.1. The van der Waals surface area contributed by atoms with Gasteiger partial charge < -0.3 is 19.8 Å². The van der Waals surface area contributed by atoms with Gasteiger partial charge in [-0.25, -0.2) is 0 Å². The van der Waals surface area contributed by atoms with Gasteiger partial charge in [0.05, 0.1) is 12.9 Å². The fourth-order valence-corrected chi connectivity index (χ4v) is 2.77. The number of hydrogen-bond acceptors (Lipinski definition) is 4. The Morgan fingerprint density at radius 3 is 2.34 bits per heavy atom. The minimum Gasteiger partial charge on any atom is -0.494 e. The van der Waals surface area contributed by atoms with Crippen molar-refractivity contribution in [2.45, 2.75) is 26.3 Å². The van der Waals surface area contributed by atoms with Gasteiger partial charge in [0, 0.05) is 18.7 Å². The summed E-state index contributed by atoms with van der Waals surface area (Å²) in [5.41, 5.74) is 2.72. The molecular formula is C23H24N2O4. The van der Waals surface area contributed by atoms with E-state index >= 15 is 0 Å². The van der Waals surface area contributed by atoms with Crippen LogP contribution in [0.1, 0.15) is 35.0 Å². The maximum Gasteiger partial charge on any atom is 0.291 e. The molecule has 1 heterocycles. The first-order chi connectivity index (χ1) is 14.1. The highest BCUT2D eigenvalue weighted by Crippen LogP contribution is 2.14. The Labute approximate surface area is 169 Å². The normalized spacial score (nSPS) is 10.4. The van der Waals surface area contributed by atoms with Gasteiger partial charge in [0.25, 0.3) is 5.91 Å². The summed E-state index contributed by atoms with van der Waals surface area (Å²) in [5, 5.41) is 5.68. The zero-order valence-corrected chi connectivity index (χ0v) is 16.3. The fraction of sp³-hybridized carbons (Fsp3) is 0.217. The molecule has 3 rings (SSSR count). The van der Waals surface area contributed by atoms with Crippen molar-refractivity contribution in [2.75, 3.05) is 11.9 Å². The van der Waals surface area contributed by atoms with Gasteiger partial charge in [-0.15, -0.1) is 0 Å².